The van der Waals surface area contributed by atoms with Gasteiger partial charge in [0.2, 0.25) is 0 Å². The third-order valence-electron chi connectivity index (χ3n) is 4.55. The summed E-state index contributed by atoms with van der Waals surface area (Å²) in [5, 5.41) is 0. The van der Waals surface area contributed by atoms with Crippen molar-refractivity contribution in [2.75, 3.05) is 6.61 Å². The van der Waals surface area contributed by atoms with Crippen molar-refractivity contribution in [2.45, 2.75) is 81.1 Å². The molecule has 0 saturated carbocycles. The largest absolute Gasteiger partial charge is 0.465 e. The number of unbranched alkanes of at least 4 members (excludes halogenated alkanes) is 1. The van der Waals surface area contributed by atoms with Gasteiger partial charge in [0, 0.05) is 0 Å². The van der Waals surface area contributed by atoms with Gasteiger partial charge >= 0.3 is 5.97 Å². The molecule has 0 heterocycles. The average molecular weight is 296 g/mol. The molecule has 2 unspecified atom stereocenters. The molecule has 2 heteroatoms. The van der Waals surface area contributed by atoms with Crippen molar-refractivity contribution in [3.8, 4) is 0 Å². The fourth-order valence-corrected chi connectivity index (χ4v) is 2.40. The first kappa shape index (κ1) is 20.2. The summed E-state index contributed by atoms with van der Waals surface area (Å²) < 4.78 is 5.70. The van der Waals surface area contributed by atoms with Crippen LogP contribution in [0.2, 0.25) is 0 Å². The number of esters is 1. The van der Waals surface area contributed by atoms with Gasteiger partial charge in [0.25, 0.3) is 0 Å². The van der Waals surface area contributed by atoms with Crippen LogP contribution in [-0.2, 0) is 9.53 Å². The summed E-state index contributed by atoms with van der Waals surface area (Å²) in [5.41, 5.74) is 0.420. The predicted octanol–water partition coefficient (Wildman–Crippen LogP) is 5.76. The molecule has 0 aromatic carbocycles. The highest BCUT2D eigenvalue weighted by atomic mass is 16.5. The number of hydrogen-bond acceptors (Lipinski definition) is 2. The van der Waals surface area contributed by atoms with Crippen LogP contribution >= 0.6 is 0 Å². The molecule has 0 bridgehead atoms. The second-order valence-electron chi connectivity index (χ2n) is 7.69. The number of rotatable bonds is 8. The molecule has 2 atom stereocenters. The van der Waals surface area contributed by atoms with E-state index in [1.54, 1.807) is 0 Å². The van der Waals surface area contributed by atoms with Crippen molar-refractivity contribution >= 4 is 5.97 Å². The molecule has 124 valence electrons. The van der Waals surface area contributed by atoms with Crippen molar-refractivity contribution in [1.29, 1.82) is 0 Å². The van der Waals surface area contributed by atoms with Gasteiger partial charge in [0.1, 0.15) is 0 Å². The zero-order chi connectivity index (χ0) is 16.7. The van der Waals surface area contributed by atoms with Crippen LogP contribution in [0.1, 0.15) is 81.1 Å². The Morgan fingerprint density at radius 1 is 1.14 bits per heavy atom. The Balaban J connectivity index is 4.89. The van der Waals surface area contributed by atoms with Gasteiger partial charge in [-0.25, -0.2) is 0 Å². The summed E-state index contributed by atoms with van der Waals surface area (Å²) in [7, 11) is 0. The van der Waals surface area contributed by atoms with Crippen LogP contribution in [0.15, 0.2) is 11.6 Å². The summed E-state index contributed by atoms with van der Waals surface area (Å²) in [6, 6.07) is 0. The highest BCUT2D eigenvalue weighted by Gasteiger charge is 2.43. The number of carbonyl (C=O) groups is 1. The van der Waals surface area contributed by atoms with Gasteiger partial charge in [-0.1, -0.05) is 65.5 Å². The van der Waals surface area contributed by atoms with E-state index < -0.39 is 5.41 Å². The smallest absolute Gasteiger partial charge is 0.316 e. The van der Waals surface area contributed by atoms with Gasteiger partial charge < -0.3 is 4.74 Å². The fraction of sp³-hybridized carbons (Fsp3) is 0.842. The summed E-state index contributed by atoms with van der Waals surface area (Å²) in [5.74, 6) is 0.399. The summed E-state index contributed by atoms with van der Waals surface area (Å²) in [6.07, 6.45) is 6.68. The van der Waals surface area contributed by atoms with Crippen LogP contribution < -0.4 is 0 Å². The minimum absolute atomic E-state index is 0.0915. The molecule has 0 amide bonds. The molecule has 0 aliphatic carbocycles. The molecule has 0 spiro atoms. The number of carbonyl (C=O) groups excluding carboxylic acids is 1. The van der Waals surface area contributed by atoms with Gasteiger partial charge in [0.05, 0.1) is 12.0 Å². The van der Waals surface area contributed by atoms with Gasteiger partial charge in [-0.05, 0) is 38.5 Å². The van der Waals surface area contributed by atoms with E-state index in [9.17, 15) is 4.79 Å². The zero-order valence-corrected chi connectivity index (χ0v) is 15.5. The van der Waals surface area contributed by atoms with E-state index in [0.29, 0.717) is 12.5 Å². The Bertz CT molecular complexity index is 345. The lowest BCUT2D eigenvalue weighted by Crippen LogP contribution is -2.40. The monoisotopic (exact) mass is 296 g/mol. The lowest BCUT2D eigenvalue weighted by atomic mass is 9.67. The first-order valence-corrected chi connectivity index (χ1v) is 8.41. The summed E-state index contributed by atoms with van der Waals surface area (Å²) in [4.78, 5) is 12.7. The SMILES string of the molecule is CCCCC(CC)COC(=O)C(C)(C=C(C)C)C(C)(C)C. The lowest BCUT2D eigenvalue weighted by molar-refractivity contribution is -0.159. The van der Waals surface area contributed by atoms with E-state index in [4.69, 9.17) is 4.74 Å². The van der Waals surface area contributed by atoms with Crippen molar-refractivity contribution in [1.82, 2.24) is 0 Å². The van der Waals surface area contributed by atoms with Crippen molar-refractivity contribution in [3.05, 3.63) is 11.6 Å². The lowest BCUT2D eigenvalue weighted by Gasteiger charge is -2.38. The van der Waals surface area contributed by atoms with Crippen molar-refractivity contribution in [3.63, 3.8) is 0 Å². The van der Waals surface area contributed by atoms with Crippen LogP contribution in [0.5, 0.6) is 0 Å². The molecular weight excluding hydrogens is 260 g/mol. The first-order chi connectivity index (χ1) is 9.58. The Morgan fingerprint density at radius 3 is 2.10 bits per heavy atom. The number of hydrogen-bond donors (Lipinski definition) is 0. The van der Waals surface area contributed by atoms with Gasteiger partial charge in [0.15, 0.2) is 0 Å². The molecule has 0 N–H and O–H groups in total. The average Bonchev–Trinajstić information content (AvgIpc) is 2.36. The molecule has 0 aliphatic rings. The van der Waals surface area contributed by atoms with Crippen LogP contribution in [0.3, 0.4) is 0 Å². The van der Waals surface area contributed by atoms with E-state index >= 15 is 0 Å². The molecule has 0 aromatic heterocycles. The summed E-state index contributed by atoms with van der Waals surface area (Å²) in [6.45, 7) is 17.3. The van der Waals surface area contributed by atoms with E-state index in [0.717, 1.165) is 18.4 Å². The third-order valence-corrected chi connectivity index (χ3v) is 4.55. The molecule has 0 saturated heterocycles. The number of allylic oxidation sites excluding steroid dienone is 1. The molecule has 0 rings (SSSR count). The maximum atomic E-state index is 12.7. The molecule has 2 nitrogen and oxygen atoms in total. The highest BCUT2D eigenvalue weighted by molar-refractivity contribution is 5.79. The van der Waals surface area contributed by atoms with Crippen LogP contribution in [0.4, 0.5) is 0 Å². The Labute approximate surface area is 132 Å². The van der Waals surface area contributed by atoms with E-state index in [1.165, 1.54) is 12.8 Å². The second kappa shape index (κ2) is 8.60. The Morgan fingerprint density at radius 2 is 1.71 bits per heavy atom. The minimum Gasteiger partial charge on any atom is -0.465 e. The van der Waals surface area contributed by atoms with Crippen molar-refractivity contribution in [2.24, 2.45) is 16.7 Å². The minimum atomic E-state index is -0.575. The zero-order valence-electron chi connectivity index (χ0n) is 15.5. The van der Waals surface area contributed by atoms with Crippen LogP contribution in [0, 0.1) is 16.7 Å². The normalized spacial score (nSPS) is 16.0. The van der Waals surface area contributed by atoms with E-state index in [1.807, 2.05) is 20.8 Å². The van der Waals surface area contributed by atoms with Crippen molar-refractivity contribution < 1.29 is 9.53 Å². The molecule has 0 fully saturated rings. The first-order valence-electron chi connectivity index (χ1n) is 8.41. The molecule has 0 aliphatic heterocycles. The quantitative estimate of drug-likeness (QED) is 0.420. The summed E-state index contributed by atoms with van der Waals surface area (Å²) >= 11 is 0. The van der Waals surface area contributed by atoms with E-state index in [-0.39, 0.29) is 11.4 Å². The Hall–Kier alpha value is -0.790. The molecular formula is C19H36O2. The van der Waals surface area contributed by atoms with Gasteiger partial charge in [-0.15, -0.1) is 0 Å². The predicted molar refractivity (Wildman–Crippen MR) is 91.3 cm³/mol. The molecule has 0 aromatic rings. The molecule has 0 radical (unpaired) electrons. The maximum absolute atomic E-state index is 12.7. The third kappa shape index (κ3) is 6.23. The topological polar surface area (TPSA) is 26.3 Å². The maximum Gasteiger partial charge on any atom is 0.316 e. The second-order valence-corrected chi connectivity index (χ2v) is 7.69. The standard InChI is InChI=1S/C19H36O2/c1-9-11-12-16(10-2)14-21-17(20)19(8,13-15(3)4)18(5,6)7/h13,16H,9-12,14H2,1-8H3. The fourth-order valence-electron chi connectivity index (χ4n) is 2.40. The van der Waals surface area contributed by atoms with Gasteiger partial charge in [-0.3, -0.25) is 4.79 Å². The van der Waals surface area contributed by atoms with E-state index in [2.05, 4.69) is 40.7 Å². The van der Waals surface area contributed by atoms with Gasteiger partial charge in [-0.2, -0.15) is 0 Å². The Kier molecular flexibility index (Phi) is 8.28. The van der Waals surface area contributed by atoms with Crippen LogP contribution in [0.25, 0.3) is 0 Å². The van der Waals surface area contributed by atoms with Crippen LogP contribution in [-0.4, -0.2) is 12.6 Å². The molecule has 21 heavy (non-hydrogen) atoms. The highest BCUT2D eigenvalue weighted by Crippen LogP contribution is 2.41. The number of ether oxygens (including phenoxy) is 1.